The highest BCUT2D eigenvalue weighted by molar-refractivity contribution is 7.16. The summed E-state index contributed by atoms with van der Waals surface area (Å²) in [7, 11) is 1.73. The lowest BCUT2D eigenvalue weighted by Crippen LogP contribution is -1.94. The summed E-state index contributed by atoms with van der Waals surface area (Å²) < 4.78 is 6.68. The predicted octanol–water partition coefficient (Wildman–Crippen LogP) is 5.38. The van der Waals surface area contributed by atoms with Crippen LogP contribution in [-0.2, 0) is 0 Å². The van der Waals surface area contributed by atoms with Crippen molar-refractivity contribution in [3.8, 4) is 5.75 Å². The second-order valence-electron chi connectivity index (χ2n) is 5.11. The Balaban J connectivity index is 0.000000408. The van der Waals surface area contributed by atoms with Crippen molar-refractivity contribution in [1.82, 2.24) is 4.98 Å². The van der Waals surface area contributed by atoms with E-state index < -0.39 is 0 Å². The lowest BCUT2D eigenvalue weighted by atomic mass is 9.97. The Morgan fingerprint density at radius 3 is 2.58 bits per heavy atom. The van der Waals surface area contributed by atoms with Crippen molar-refractivity contribution < 1.29 is 4.74 Å². The van der Waals surface area contributed by atoms with Crippen LogP contribution in [0.4, 0.5) is 0 Å². The second kappa shape index (κ2) is 6.90. The Hall–Kier alpha value is -1.09. The zero-order valence-electron chi connectivity index (χ0n) is 12.1. The highest BCUT2D eigenvalue weighted by atomic mass is 32.1. The summed E-state index contributed by atoms with van der Waals surface area (Å²) >= 11 is 1.70. The maximum absolute atomic E-state index is 5.43. The first-order valence-electron chi connectivity index (χ1n) is 7.21. The summed E-state index contributed by atoms with van der Waals surface area (Å²) in [6, 6.07) is 4.48. The van der Waals surface area contributed by atoms with Crippen LogP contribution in [0.5, 0.6) is 5.75 Å². The van der Waals surface area contributed by atoms with Gasteiger partial charge in [-0.15, -0.1) is 11.3 Å². The maximum atomic E-state index is 5.43. The van der Waals surface area contributed by atoms with Gasteiger partial charge in [0.15, 0.2) is 0 Å². The SMILES string of the molecule is CCC.COc1cc(C2CCCC2)cc2scnc12. The number of benzene rings is 1. The van der Waals surface area contributed by atoms with Crippen molar-refractivity contribution >= 4 is 21.6 Å². The third-order valence-electron chi connectivity index (χ3n) is 3.47. The molecule has 1 saturated carbocycles. The first kappa shape index (κ1) is 14.3. The van der Waals surface area contributed by atoms with Crippen LogP contribution in [0.2, 0.25) is 0 Å². The van der Waals surface area contributed by atoms with Gasteiger partial charge in [-0.1, -0.05) is 33.1 Å². The molecule has 1 heterocycles. The molecule has 0 saturated heterocycles. The van der Waals surface area contributed by atoms with Crippen LogP contribution >= 0.6 is 11.3 Å². The zero-order valence-corrected chi connectivity index (χ0v) is 12.9. The molecule has 1 aromatic carbocycles. The molecule has 2 aromatic rings. The number of nitrogens with zero attached hydrogens (tertiary/aromatic N) is 1. The molecule has 1 aliphatic rings. The van der Waals surface area contributed by atoms with Gasteiger partial charge in [0, 0.05) is 0 Å². The average Bonchev–Trinajstić information content (AvgIpc) is 3.09. The quantitative estimate of drug-likeness (QED) is 0.735. The van der Waals surface area contributed by atoms with E-state index in [0.29, 0.717) is 0 Å². The van der Waals surface area contributed by atoms with Gasteiger partial charge >= 0.3 is 0 Å². The number of ether oxygens (including phenoxy) is 1. The van der Waals surface area contributed by atoms with Gasteiger partial charge in [0.2, 0.25) is 0 Å². The molecule has 1 aliphatic carbocycles. The van der Waals surface area contributed by atoms with Crippen LogP contribution in [0.1, 0.15) is 57.4 Å². The Kier molecular flexibility index (Phi) is 5.20. The molecular weight excluding hydrogens is 254 g/mol. The molecule has 0 radical (unpaired) electrons. The van der Waals surface area contributed by atoms with E-state index in [1.54, 1.807) is 18.4 Å². The molecule has 0 spiro atoms. The van der Waals surface area contributed by atoms with Crippen molar-refractivity contribution in [3.63, 3.8) is 0 Å². The van der Waals surface area contributed by atoms with Crippen LogP contribution in [-0.4, -0.2) is 12.1 Å². The van der Waals surface area contributed by atoms with Crippen molar-refractivity contribution in [3.05, 3.63) is 23.2 Å². The summed E-state index contributed by atoms with van der Waals surface area (Å²) in [6.07, 6.45) is 6.64. The van der Waals surface area contributed by atoms with Crippen LogP contribution in [0.25, 0.3) is 10.2 Å². The van der Waals surface area contributed by atoms with Gasteiger partial charge in [-0.2, -0.15) is 0 Å². The van der Waals surface area contributed by atoms with Crippen LogP contribution < -0.4 is 4.74 Å². The monoisotopic (exact) mass is 277 g/mol. The fourth-order valence-corrected chi connectivity index (χ4v) is 3.35. The van der Waals surface area contributed by atoms with E-state index in [0.717, 1.165) is 17.2 Å². The number of rotatable bonds is 2. The topological polar surface area (TPSA) is 22.1 Å². The molecule has 3 heteroatoms. The zero-order chi connectivity index (χ0) is 13.7. The largest absolute Gasteiger partial charge is 0.494 e. The molecule has 0 aliphatic heterocycles. The van der Waals surface area contributed by atoms with Gasteiger partial charge in [0.05, 0.1) is 17.3 Å². The molecule has 0 N–H and O–H groups in total. The number of hydrogen-bond donors (Lipinski definition) is 0. The third-order valence-corrected chi connectivity index (χ3v) is 4.25. The summed E-state index contributed by atoms with van der Waals surface area (Å²) in [5, 5.41) is 0. The lowest BCUT2D eigenvalue weighted by molar-refractivity contribution is 0.418. The molecule has 0 atom stereocenters. The van der Waals surface area contributed by atoms with Crippen molar-refractivity contribution in [2.75, 3.05) is 7.11 Å². The molecule has 0 amide bonds. The standard InChI is InChI=1S/C13H15NOS.C3H8/c1-15-11-6-10(9-4-2-3-5-9)7-12-13(11)14-8-16-12;1-3-2/h6-9H,2-5H2,1H3;3H2,1-2H3. The summed E-state index contributed by atoms with van der Waals surface area (Å²) in [4.78, 5) is 4.35. The highest BCUT2D eigenvalue weighted by Crippen LogP contribution is 2.38. The number of methoxy groups -OCH3 is 1. The second-order valence-corrected chi connectivity index (χ2v) is 6.00. The van der Waals surface area contributed by atoms with Crippen LogP contribution in [0.3, 0.4) is 0 Å². The van der Waals surface area contributed by atoms with Gasteiger partial charge < -0.3 is 4.74 Å². The number of fused-ring (bicyclic) bond motifs is 1. The van der Waals surface area contributed by atoms with E-state index in [1.807, 2.05) is 5.51 Å². The number of aromatic nitrogens is 1. The summed E-state index contributed by atoms with van der Waals surface area (Å²) in [5.74, 6) is 1.67. The minimum Gasteiger partial charge on any atom is -0.494 e. The normalized spacial score (nSPS) is 15.3. The van der Waals surface area contributed by atoms with Gasteiger partial charge in [-0.05, 0) is 36.5 Å². The van der Waals surface area contributed by atoms with Gasteiger partial charge in [0.25, 0.3) is 0 Å². The molecule has 1 fully saturated rings. The lowest BCUT2D eigenvalue weighted by Gasteiger charge is -2.11. The number of hydrogen-bond acceptors (Lipinski definition) is 3. The molecule has 3 rings (SSSR count). The Bertz CT molecular complexity index is 514. The fraction of sp³-hybridized carbons (Fsp3) is 0.562. The highest BCUT2D eigenvalue weighted by Gasteiger charge is 2.19. The van der Waals surface area contributed by atoms with E-state index in [-0.39, 0.29) is 0 Å². The van der Waals surface area contributed by atoms with Crippen molar-refractivity contribution in [2.45, 2.75) is 51.9 Å². The third kappa shape index (κ3) is 3.27. The Morgan fingerprint density at radius 1 is 1.26 bits per heavy atom. The summed E-state index contributed by atoms with van der Waals surface area (Å²) in [6.45, 7) is 4.25. The minimum absolute atomic E-state index is 0.736. The van der Waals surface area contributed by atoms with E-state index in [1.165, 1.54) is 42.4 Å². The molecule has 104 valence electrons. The maximum Gasteiger partial charge on any atom is 0.146 e. The van der Waals surface area contributed by atoms with Crippen molar-refractivity contribution in [1.29, 1.82) is 0 Å². The predicted molar refractivity (Wildman–Crippen MR) is 83.3 cm³/mol. The first-order chi connectivity index (χ1) is 9.30. The summed E-state index contributed by atoms with van der Waals surface area (Å²) in [5.41, 5.74) is 4.34. The van der Waals surface area contributed by atoms with E-state index >= 15 is 0 Å². The van der Waals surface area contributed by atoms with E-state index in [4.69, 9.17) is 4.74 Å². The molecular formula is C16H23NOS. The number of thiazole rings is 1. The molecule has 0 unspecified atom stereocenters. The van der Waals surface area contributed by atoms with E-state index in [2.05, 4.69) is 31.0 Å². The molecule has 0 bridgehead atoms. The minimum atomic E-state index is 0.736. The molecule has 2 nitrogen and oxygen atoms in total. The Morgan fingerprint density at radius 2 is 1.95 bits per heavy atom. The van der Waals surface area contributed by atoms with Crippen LogP contribution in [0.15, 0.2) is 17.6 Å². The van der Waals surface area contributed by atoms with Crippen molar-refractivity contribution in [2.24, 2.45) is 0 Å². The fourth-order valence-electron chi connectivity index (χ4n) is 2.61. The Labute approximate surface area is 119 Å². The smallest absolute Gasteiger partial charge is 0.146 e. The molecule has 1 aromatic heterocycles. The van der Waals surface area contributed by atoms with Crippen LogP contribution in [0, 0.1) is 0 Å². The first-order valence-corrected chi connectivity index (χ1v) is 8.09. The average molecular weight is 277 g/mol. The van der Waals surface area contributed by atoms with Gasteiger partial charge in [-0.3, -0.25) is 0 Å². The van der Waals surface area contributed by atoms with Gasteiger partial charge in [-0.25, -0.2) is 4.98 Å². The van der Waals surface area contributed by atoms with E-state index in [9.17, 15) is 0 Å². The van der Waals surface area contributed by atoms with Gasteiger partial charge in [0.1, 0.15) is 11.3 Å². The molecule has 19 heavy (non-hydrogen) atoms.